The second-order valence-electron chi connectivity index (χ2n) is 3.89. The average molecular weight is 267 g/mol. The van der Waals surface area contributed by atoms with Gasteiger partial charge in [0.15, 0.2) is 11.6 Å². The van der Waals surface area contributed by atoms with Gasteiger partial charge in [-0.15, -0.1) is 0 Å². The number of hydrogen-bond donors (Lipinski definition) is 1. The molecule has 5 nitrogen and oxygen atoms in total. The summed E-state index contributed by atoms with van der Waals surface area (Å²) in [6, 6.07) is 0.947. The Morgan fingerprint density at radius 2 is 1.79 bits per heavy atom. The summed E-state index contributed by atoms with van der Waals surface area (Å²) in [5.74, 6) is -5.84. The first-order valence-corrected chi connectivity index (χ1v) is 5.12. The van der Waals surface area contributed by atoms with E-state index in [1.54, 1.807) is 0 Å². The van der Waals surface area contributed by atoms with Crippen LogP contribution in [0.5, 0.6) is 0 Å². The van der Waals surface area contributed by atoms with Crippen LogP contribution in [0.2, 0.25) is 0 Å². The molecule has 0 aromatic heterocycles. The van der Waals surface area contributed by atoms with E-state index in [4.69, 9.17) is 5.11 Å². The minimum Gasteiger partial charge on any atom is -0.478 e. The molecule has 0 radical (unpaired) electrons. The molecule has 0 saturated heterocycles. The summed E-state index contributed by atoms with van der Waals surface area (Å²) in [6.07, 6.45) is 0.995. The Hall–Kier alpha value is -2.57. The summed E-state index contributed by atoms with van der Waals surface area (Å²) < 4.78 is 26.2. The second-order valence-corrected chi connectivity index (χ2v) is 3.89. The van der Waals surface area contributed by atoms with Crippen LogP contribution in [0.3, 0.4) is 0 Å². The van der Waals surface area contributed by atoms with Gasteiger partial charge in [0, 0.05) is 17.7 Å². The molecule has 0 fully saturated rings. The molecule has 0 spiro atoms. The van der Waals surface area contributed by atoms with E-state index in [9.17, 15) is 23.2 Å². The molecule has 0 atom stereocenters. The van der Waals surface area contributed by atoms with Crippen molar-refractivity contribution in [3.63, 3.8) is 0 Å². The van der Waals surface area contributed by atoms with E-state index in [2.05, 4.69) is 0 Å². The van der Waals surface area contributed by atoms with E-state index in [1.807, 2.05) is 0 Å². The number of aromatic carboxylic acids is 1. The third-order valence-corrected chi connectivity index (χ3v) is 2.61. The number of carbonyl (C=O) groups excluding carboxylic acids is 2. The van der Waals surface area contributed by atoms with E-state index in [0.29, 0.717) is 17.0 Å². The SMILES string of the molecule is CC1=CC(=O)N(c2cc(F)c(F)cc2C(=O)O)C1=O. The number of carboxylic acids is 1. The Labute approximate surface area is 105 Å². The van der Waals surface area contributed by atoms with Gasteiger partial charge in [-0.2, -0.15) is 0 Å². The molecule has 0 bridgehead atoms. The Morgan fingerprint density at radius 3 is 2.26 bits per heavy atom. The highest BCUT2D eigenvalue weighted by Crippen LogP contribution is 2.28. The molecule has 0 aliphatic carbocycles. The van der Waals surface area contributed by atoms with E-state index in [1.165, 1.54) is 6.92 Å². The Balaban J connectivity index is 2.63. The largest absolute Gasteiger partial charge is 0.478 e. The molecule has 1 aliphatic rings. The van der Waals surface area contributed by atoms with Crippen molar-refractivity contribution >= 4 is 23.5 Å². The molecule has 19 heavy (non-hydrogen) atoms. The van der Waals surface area contributed by atoms with Crippen molar-refractivity contribution in [2.75, 3.05) is 4.90 Å². The van der Waals surface area contributed by atoms with E-state index in [-0.39, 0.29) is 5.57 Å². The van der Waals surface area contributed by atoms with Crippen molar-refractivity contribution in [3.05, 3.63) is 41.0 Å². The molecular weight excluding hydrogens is 260 g/mol. The number of hydrogen-bond acceptors (Lipinski definition) is 3. The van der Waals surface area contributed by atoms with Gasteiger partial charge in [0.1, 0.15) is 0 Å². The number of nitrogens with zero attached hydrogens (tertiary/aromatic N) is 1. The van der Waals surface area contributed by atoms with Crippen LogP contribution in [-0.4, -0.2) is 22.9 Å². The van der Waals surface area contributed by atoms with Crippen LogP contribution in [0.15, 0.2) is 23.8 Å². The van der Waals surface area contributed by atoms with Crippen molar-refractivity contribution < 1.29 is 28.3 Å². The van der Waals surface area contributed by atoms with Crippen LogP contribution in [-0.2, 0) is 9.59 Å². The fourth-order valence-electron chi connectivity index (χ4n) is 1.71. The Morgan fingerprint density at radius 1 is 1.21 bits per heavy atom. The molecule has 7 heteroatoms. The van der Waals surface area contributed by atoms with Crippen LogP contribution >= 0.6 is 0 Å². The molecule has 1 heterocycles. The maximum Gasteiger partial charge on any atom is 0.337 e. The summed E-state index contributed by atoms with van der Waals surface area (Å²) in [4.78, 5) is 34.8. The minimum atomic E-state index is -1.57. The first-order valence-electron chi connectivity index (χ1n) is 5.12. The quantitative estimate of drug-likeness (QED) is 0.823. The lowest BCUT2D eigenvalue weighted by Crippen LogP contribution is -2.32. The monoisotopic (exact) mass is 267 g/mol. The van der Waals surface area contributed by atoms with Crippen molar-refractivity contribution in [3.8, 4) is 0 Å². The lowest BCUT2D eigenvalue weighted by atomic mass is 10.1. The van der Waals surface area contributed by atoms with Crippen molar-refractivity contribution in [2.45, 2.75) is 6.92 Å². The number of halogens is 2. The van der Waals surface area contributed by atoms with Gasteiger partial charge in [-0.05, 0) is 13.0 Å². The Kier molecular flexibility index (Phi) is 2.89. The highest BCUT2D eigenvalue weighted by molar-refractivity contribution is 6.31. The fraction of sp³-hybridized carbons (Fsp3) is 0.0833. The van der Waals surface area contributed by atoms with Crippen molar-refractivity contribution in [1.29, 1.82) is 0 Å². The smallest absolute Gasteiger partial charge is 0.337 e. The minimum absolute atomic E-state index is 0.0890. The predicted molar refractivity (Wildman–Crippen MR) is 59.6 cm³/mol. The maximum atomic E-state index is 13.2. The Bertz CT molecular complexity index is 651. The number of amides is 2. The molecule has 98 valence electrons. The maximum absolute atomic E-state index is 13.2. The van der Waals surface area contributed by atoms with E-state index in [0.717, 1.165) is 6.08 Å². The number of rotatable bonds is 2. The van der Waals surface area contributed by atoms with Crippen LogP contribution in [0.4, 0.5) is 14.5 Å². The normalized spacial score (nSPS) is 14.9. The number of benzene rings is 1. The molecule has 0 unspecified atom stereocenters. The third kappa shape index (κ3) is 1.99. The zero-order valence-corrected chi connectivity index (χ0v) is 9.61. The van der Waals surface area contributed by atoms with Crippen molar-refractivity contribution in [1.82, 2.24) is 0 Å². The molecule has 1 aromatic carbocycles. The standard InChI is InChI=1S/C12H7F2NO4/c1-5-2-10(16)15(11(5)17)9-4-8(14)7(13)3-6(9)12(18)19/h2-4H,1H3,(H,18,19). The van der Waals surface area contributed by atoms with Crippen LogP contribution in [0.1, 0.15) is 17.3 Å². The lowest BCUT2D eigenvalue weighted by molar-refractivity contribution is -0.120. The molecule has 2 rings (SSSR count). The highest BCUT2D eigenvalue weighted by Gasteiger charge is 2.33. The van der Waals surface area contributed by atoms with Gasteiger partial charge < -0.3 is 5.11 Å². The van der Waals surface area contributed by atoms with E-state index < -0.39 is 40.7 Å². The van der Waals surface area contributed by atoms with Gasteiger partial charge in [-0.25, -0.2) is 18.5 Å². The second kappa shape index (κ2) is 4.27. The van der Waals surface area contributed by atoms with E-state index >= 15 is 0 Å². The molecular formula is C12H7F2NO4. The van der Waals surface area contributed by atoms with Gasteiger partial charge in [0.05, 0.1) is 11.3 Å². The van der Waals surface area contributed by atoms with Gasteiger partial charge >= 0.3 is 5.97 Å². The van der Waals surface area contributed by atoms with Gasteiger partial charge in [-0.1, -0.05) is 0 Å². The highest BCUT2D eigenvalue weighted by atomic mass is 19.2. The van der Waals surface area contributed by atoms with Gasteiger partial charge in [0.25, 0.3) is 11.8 Å². The number of carboxylic acid groups (broad SMARTS) is 1. The van der Waals surface area contributed by atoms with Gasteiger partial charge in [-0.3, -0.25) is 9.59 Å². The van der Waals surface area contributed by atoms with Crippen LogP contribution in [0, 0.1) is 11.6 Å². The molecule has 2 amide bonds. The zero-order chi connectivity index (χ0) is 14.3. The molecule has 1 aromatic rings. The number of imide groups is 1. The van der Waals surface area contributed by atoms with Crippen molar-refractivity contribution in [2.24, 2.45) is 0 Å². The van der Waals surface area contributed by atoms with Gasteiger partial charge in [0.2, 0.25) is 0 Å². The fourth-order valence-corrected chi connectivity index (χ4v) is 1.71. The molecule has 1 aliphatic heterocycles. The summed E-state index contributed by atoms with van der Waals surface area (Å²) in [5, 5.41) is 8.92. The summed E-state index contributed by atoms with van der Waals surface area (Å²) in [7, 11) is 0. The number of anilines is 1. The third-order valence-electron chi connectivity index (χ3n) is 2.61. The summed E-state index contributed by atoms with van der Waals surface area (Å²) >= 11 is 0. The van der Waals surface area contributed by atoms with Crippen LogP contribution in [0.25, 0.3) is 0 Å². The topological polar surface area (TPSA) is 74.7 Å². The predicted octanol–water partition coefficient (Wildman–Crippen LogP) is 1.48. The summed E-state index contributed by atoms with van der Waals surface area (Å²) in [5.41, 5.74) is -1.07. The first kappa shape index (κ1) is 12.9. The molecule has 1 N–H and O–H groups in total. The average Bonchev–Trinajstić information content (AvgIpc) is 2.56. The van der Waals surface area contributed by atoms with Crippen LogP contribution < -0.4 is 4.90 Å². The lowest BCUT2D eigenvalue weighted by Gasteiger charge is -2.17. The molecule has 0 saturated carbocycles. The summed E-state index contributed by atoms with van der Waals surface area (Å²) in [6.45, 7) is 1.36. The zero-order valence-electron chi connectivity index (χ0n) is 9.61. The number of carbonyl (C=O) groups is 3. The first-order chi connectivity index (χ1) is 8.82.